The molecule has 0 radical (unpaired) electrons. The van der Waals surface area contributed by atoms with Gasteiger partial charge in [-0.3, -0.25) is 0 Å². The number of hydrogen-bond acceptors (Lipinski definition) is 14. The maximum Gasteiger partial charge on any atom is 0.333 e. The zero-order chi connectivity index (χ0) is 74.6. The lowest BCUT2D eigenvalue weighted by molar-refractivity contribution is -0.152. The Kier molecular flexibility index (Phi) is 32.3. The van der Waals surface area contributed by atoms with Gasteiger partial charge < -0.3 is 33.2 Å². The van der Waals surface area contributed by atoms with Crippen LogP contribution in [0.4, 0.5) is 0 Å². The molecule has 6 bridgehead atoms. The van der Waals surface area contributed by atoms with Crippen molar-refractivity contribution in [3.63, 3.8) is 0 Å². The van der Waals surface area contributed by atoms with E-state index in [1.165, 1.54) is 95.6 Å². The first kappa shape index (κ1) is 85.1. The van der Waals surface area contributed by atoms with Gasteiger partial charge in [0.05, 0.1) is 0 Å². The highest BCUT2D eigenvalue weighted by Gasteiger charge is 2.64. The summed E-state index contributed by atoms with van der Waals surface area (Å²) in [5, 5.41) is 0. The molecule has 0 saturated heterocycles. The lowest BCUT2D eigenvalue weighted by Crippen LogP contribution is -2.38. The largest absolute Gasteiger partial charge is 0.459 e. The van der Waals surface area contributed by atoms with Crippen LogP contribution >= 0.6 is 0 Å². The van der Waals surface area contributed by atoms with E-state index in [-0.39, 0.29) is 94.7 Å². The van der Waals surface area contributed by atoms with Gasteiger partial charge in [0, 0.05) is 50.8 Å². The van der Waals surface area contributed by atoms with E-state index >= 15 is 0 Å². The Balaban J connectivity index is 0.000000246. The van der Waals surface area contributed by atoms with Gasteiger partial charge in [-0.25, -0.2) is 33.6 Å². The number of fused-ring (bicyclic) bond motifs is 6. The van der Waals surface area contributed by atoms with Crippen LogP contribution in [0.3, 0.4) is 0 Å². The van der Waals surface area contributed by atoms with Crippen molar-refractivity contribution in [1.29, 1.82) is 0 Å². The first-order valence-electron chi connectivity index (χ1n) is 37.0. The highest BCUT2D eigenvalue weighted by molar-refractivity contribution is 5.89. The minimum absolute atomic E-state index is 0.0768. The van der Waals surface area contributed by atoms with Crippen molar-refractivity contribution in [3.05, 3.63) is 122 Å². The first-order chi connectivity index (χ1) is 46.0. The molecule has 7 unspecified atom stereocenters. The van der Waals surface area contributed by atoms with Crippen LogP contribution in [0.5, 0.6) is 0 Å². The predicted molar refractivity (Wildman–Crippen MR) is 395 cm³/mol. The van der Waals surface area contributed by atoms with Crippen LogP contribution in [0, 0.1) is 68.0 Å². The van der Waals surface area contributed by atoms with Crippen LogP contribution in [0.2, 0.25) is 0 Å². The summed E-state index contributed by atoms with van der Waals surface area (Å²) in [6.07, 6.45) is 28.4. The molecule has 14 nitrogen and oxygen atoms in total. The van der Waals surface area contributed by atoms with Crippen molar-refractivity contribution >= 4 is 41.8 Å². The van der Waals surface area contributed by atoms with Gasteiger partial charge in [0.1, 0.15) is 43.2 Å². The summed E-state index contributed by atoms with van der Waals surface area (Å²) in [5.41, 5.74) is 5.02. The predicted octanol–water partition coefficient (Wildman–Crippen LogP) is 19.9. The maximum atomic E-state index is 11.6. The molecule has 0 amide bonds. The monoisotopic (exact) mass is 1370 g/mol. The van der Waals surface area contributed by atoms with Gasteiger partial charge in [-0.1, -0.05) is 166 Å². The molecular formula is C85H130O14. The van der Waals surface area contributed by atoms with Crippen LogP contribution < -0.4 is 0 Å². The molecule has 0 N–H and O–H groups in total. The number of carbonyl (C=O) groups is 7. The van der Waals surface area contributed by atoms with Gasteiger partial charge >= 0.3 is 41.8 Å². The van der Waals surface area contributed by atoms with Crippen molar-refractivity contribution in [3.8, 4) is 0 Å². The Labute approximate surface area is 597 Å². The summed E-state index contributed by atoms with van der Waals surface area (Å²) in [6, 6.07) is 9.55. The molecule has 14 heteroatoms. The number of esters is 7. The van der Waals surface area contributed by atoms with Crippen molar-refractivity contribution in [2.45, 2.75) is 302 Å². The normalized spacial score (nSPS) is 29.6. The Hall–Kier alpha value is -6.31. The smallest absolute Gasteiger partial charge is 0.333 e. The molecule has 11 atom stereocenters. The van der Waals surface area contributed by atoms with Crippen LogP contribution in [-0.4, -0.2) is 78.4 Å². The molecule has 9 fully saturated rings. The molecule has 1 aromatic carbocycles. The fourth-order valence-electron chi connectivity index (χ4n) is 16.7. The summed E-state index contributed by atoms with van der Waals surface area (Å²) < 4.78 is 37.3. The molecule has 99 heavy (non-hydrogen) atoms. The van der Waals surface area contributed by atoms with Crippen LogP contribution in [0.15, 0.2) is 116 Å². The molecule has 554 valence electrons. The van der Waals surface area contributed by atoms with Gasteiger partial charge in [0.2, 0.25) is 0 Å². The topological polar surface area (TPSA) is 184 Å². The van der Waals surface area contributed by atoms with Crippen molar-refractivity contribution in [2.24, 2.45) is 68.0 Å². The fraction of sp³-hybridized carbons (Fsp3) is 0.682. The Morgan fingerprint density at radius 1 is 0.475 bits per heavy atom. The molecule has 0 aromatic heterocycles. The highest BCUT2D eigenvalue weighted by Crippen LogP contribution is 2.67. The van der Waals surface area contributed by atoms with E-state index in [9.17, 15) is 33.6 Å². The lowest BCUT2D eigenvalue weighted by Gasteiger charge is -2.38. The van der Waals surface area contributed by atoms with Gasteiger partial charge in [-0.15, -0.1) is 0 Å². The van der Waals surface area contributed by atoms with E-state index in [4.69, 9.17) is 33.2 Å². The molecule has 0 aliphatic heterocycles. The Morgan fingerprint density at radius 3 is 1.32 bits per heavy atom. The van der Waals surface area contributed by atoms with E-state index in [0.717, 1.165) is 75.2 Å². The second-order valence-corrected chi connectivity index (χ2v) is 33.9. The maximum absolute atomic E-state index is 11.6. The van der Waals surface area contributed by atoms with Gasteiger partial charge in [0.15, 0.2) is 0 Å². The fourth-order valence-corrected chi connectivity index (χ4v) is 16.7. The van der Waals surface area contributed by atoms with Gasteiger partial charge in [0.25, 0.3) is 0 Å². The number of hydrogen-bond donors (Lipinski definition) is 0. The van der Waals surface area contributed by atoms with Crippen molar-refractivity contribution in [1.82, 2.24) is 0 Å². The van der Waals surface area contributed by atoms with Crippen LogP contribution in [0.1, 0.15) is 265 Å². The van der Waals surface area contributed by atoms with E-state index in [1.807, 2.05) is 30.3 Å². The average Bonchev–Trinajstić information content (AvgIpc) is 1.57. The SMILES string of the molecule is C=C(C)C(=O)OC1CC(C)CC(C)(C)C1.C=C(C)C(=O)OC1CCCCC1.C=C(C)C(=O)OC1C[C@@H]2CC[C@@]1(C)C2(C)C.C=C(C)C(=O)OC1C[C@H]2CC[C@@H]1C2.C=C(C)C(=O)OCc1ccccc1.C=CC(=O)OC1CC2CCC1(C)C2(C)C.C=CC(=O)OC1CCC(C(C)(C)C)CC1. The molecule has 10 rings (SSSR count). The number of benzene rings is 1. The average molecular weight is 1380 g/mol. The minimum Gasteiger partial charge on any atom is -0.459 e. The second-order valence-electron chi connectivity index (χ2n) is 33.9. The third-order valence-electron chi connectivity index (χ3n) is 23.8. The summed E-state index contributed by atoms with van der Waals surface area (Å²) in [7, 11) is 0. The van der Waals surface area contributed by atoms with Gasteiger partial charge in [-0.05, 0) is 232 Å². The Morgan fingerprint density at radius 2 is 0.919 bits per heavy atom. The van der Waals surface area contributed by atoms with E-state index in [2.05, 4.69) is 129 Å². The van der Waals surface area contributed by atoms with E-state index in [0.29, 0.717) is 74.4 Å². The summed E-state index contributed by atoms with van der Waals surface area (Å²) in [6.45, 7) is 60.8. The zero-order valence-corrected chi connectivity index (χ0v) is 64.4. The zero-order valence-electron chi connectivity index (χ0n) is 64.4. The quantitative estimate of drug-likeness (QED) is 0.0918. The molecule has 9 aliphatic carbocycles. The van der Waals surface area contributed by atoms with Crippen LogP contribution in [0.25, 0.3) is 0 Å². The van der Waals surface area contributed by atoms with E-state index < -0.39 is 0 Å². The molecular weight excluding hydrogens is 1240 g/mol. The second kappa shape index (κ2) is 37.6. The molecule has 1 aromatic rings. The van der Waals surface area contributed by atoms with E-state index in [1.54, 1.807) is 34.6 Å². The molecule has 9 saturated carbocycles. The summed E-state index contributed by atoms with van der Waals surface area (Å²) in [5.74, 6) is 2.47. The number of carbonyl (C=O) groups excluding carboxylic acids is 7. The third kappa shape index (κ3) is 25.0. The number of rotatable bonds is 15. The Bertz CT molecular complexity index is 2980. The molecule has 0 spiro atoms. The lowest BCUT2D eigenvalue weighted by atomic mass is 9.70. The minimum atomic E-state index is -0.344. The van der Waals surface area contributed by atoms with Crippen molar-refractivity contribution < 1.29 is 66.7 Å². The highest BCUT2D eigenvalue weighted by atomic mass is 16.6. The first-order valence-corrected chi connectivity index (χ1v) is 37.0. The molecule has 0 heterocycles. The van der Waals surface area contributed by atoms with Crippen LogP contribution in [-0.2, 0) is 73.3 Å². The summed E-state index contributed by atoms with van der Waals surface area (Å²) >= 11 is 0. The third-order valence-corrected chi connectivity index (χ3v) is 23.8. The standard InChI is InChI=1S/C14H22O2.C13H20O2.2C13H22O2.C11H16O2.C11H12O2.C10H16O2/c1-9(2)12(15)16-11-8-10-6-7-14(11,5)13(10,3)4;1-5-11(14)15-10-8-9-6-7-13(10,4)12(9,2)3;1-9(2)12(14)15-11-6-10(3)7-13(4,5)8-11;1-5-12(14)15-11-8-6-10(7-9-11)13(2,3)4;1-7(2)11(12)13-10-6-8-3-4-9(10)5-8;1-9(2)11(12)13-8-10-6-4-3-5-7-10;1-8(2)10(11)12-9-6-4-3-5-7-9/h10-11H,1,6-8H2,2-5H3;5,9-10H,1,6-8H2,2-4H3;10-11H,1,6-8H2,2-5H3;5,10-11H,1,6-9H2,2-4H3;8-10H,1,3-6H2,2H3;3-7H,1,8H2,2H3;9H,1,3-7H2,2H3/t10-,11?,14+;;;;8-,9+,10?;;/m0...0../s1. The van der Waals surface area contributed by atoms with Crippen molar-refractivity contribution in [2.75, 3.05) is 0 Å². The summed E-state index contributed by atoms with van der Waals surface area (Å²) in [4.78, 5) is 78.6. The number of ether oxygens (including phenoxy) is 7. The molecule has 9 aliphatic rings. The van der Waals surface area contributed by atoms with Gasteiger partial charge in [-0.2, -0.15) is 0 Å².